The minimum absolute atomic E-state index is 0.207. The van der Waals surface area contributed by atoms with E-state index in [-0.39, 0.29) is 5.37 Å². The molecule has 20 heavy (non-hydrogen) atoms. The summed E-state index contributed by atoms with van der Waals surface area (Å²) in [6, 6.07) is 12.3. The summed E-state index contributed by atoms with van der Waals surface area (Å²) in [7, 11) is 0. The summed E-state index contributed by atoms with van der Waals surface area (Å²) in [5.74, 6) is 0. The first-order chi connectivity index (χ1) is 9.84. The van der Waals surface area contributed by atoms with Crippen LogP contribution in [0.25, 0.3) is 5.69 Å². The molecule has 0 amide bonds. The summed E-state index contributed by atoms with van der Waals surface area (Å²) in [6.07, 6.45) is 2.72. The number of hydrogen-bond donors (Lipinski definition) is 1. The standard InChI is InChI=1S/C15H19N3OS/c20-15(17-8-10-19-11-9-17)12-14-6-7-16-18(14)13-4-2-1-3-5-13/h1-7,15,20H,8-12H2. The molecule has 1 aliphatic rings. The van der Waals surface area contributed by atoms with Gasteiger partial charge in [-0.2, -0.15) is 17.7 Å². The first-order valence-corrected chi connectivity index (χ1v) is 7.44. The zero-order chi connectivity index (χ0) is 13.8. The molecule has 0 N–H and O–H groups in total. The van der Waals surface area contributed by atoms with Gasteiger partial charge in [-0.05, 0) is 18.2 Å². The van der Waals surface area contributed by atoms with Crippen LogP contribution in [-0.2, 0) is 11.2 Å². The van der Waals surface area contributed by atoms with Crippen molar-refractivity contribution in [3.05, 3.63) is 48.3 Å². The minimum atomic E-state index is 0.207. The molecule has 4 nitrogen and oxygen atoms in total. The highest BCUT2D eigenvalue weighted by atomic mass is 32.1. The second kappa shape index (κ2) is 6.43. The average Bonchev–Trinajstić information content (AvgIpc) is 2.97. The van der Waals surface area contributed by atoms with E-state index in [4.69, 9.17) is 17.4 Å². The van der Waals surface area contributed by atoms with Crippen molar-refractivity contribution in [3.8, 4) is 5.69 Å². The number of para-hydroxylation sites is 1. The summed E-state index contributed by atoms with van der Waals surface area (Å²) in [4.78, 5) is 2.36. The molecule has 5 heteroatoms. The molecule has 0 saturated carbocycles. The van der Waals surface area contributed by atoms with Gasteiger partial charge in [0.2, 0.25) is 0 Å². The molecule has 1 aromatic carbocycles. The van der Waals surface area contributed by atoms with E-state index in [2.05, 4.69) is 28.2 Å². The Labute approximate surface area is 124 Å². The molecular formula is C15H19N3OS. The largest absolute Gasteiger partial charge is 0.379 e. The first-order valence-electron chi connectivity index (χ1n) is 6.93. The van der Waals surface area contributed by atoms with Crippen LogP contribution >= 0.6 is 12.6 Å². The fourth-order valence-electron chi connectivity index (χ4n) is 2.48. The smallest absolute Gasteiger partial charge is 0.0648 e. The van der Waals surface area contributed by atoms with Crippen molar-refractivity contribution in [2.24, 2.45) is 0 Å². The molecule has 0 aliphatic carbocycles. The van der Waals surface area contributed by atoms with Gasteiger partial charge in [0, 0.05) is 31.4 Å². The molecule has 0 bridgehead atoms. The number of aromatic nitrogens is 2. The Balaban J connectivity index is 1.73. The van der Waals surface area contributed by atoms with Crippen molar-refractivity contribution >= 4 is 12.6 Å². The van der Waals surface area contributed by atoms with Crippen molar-refractivity contribution < 1.29 is 4.74 Å². The second-order valence-electron chi connectivity index (χ2n) is 4.90. The third-order valence-electron chi connectivity index (χ3n) is 3.58. The van der Waals surface area contributed by atoms with Gasteiger partial charge in [-0.25, -0.2) is 4.68 Å². The Kier molecular flexibility index (Phi) is 4.40. The number of ether oxygens (including phenoxy) is 1. The quantitative estimate of drug-likeness (QED) is 0.873. The van der Waals surface area contributed by atoms with E-state index < -0.39 is 0 Å². The molecule has 1 aromatic heterocycles. The van der Waals surface area contributed by atoms with Crippen LogP contribution in [0.4, 0.5) is 0 Å². The van der Waals surface area contributed by atoms with Gasteiger partial charge in [0.25, 0.3) is 0 Å². The summed E-state index contributed by atoms with van der Waals surface area (Å²) in [5, 5.41) is 4.63. The van der Waals surface area contributed by atoms with Crippen molar-refractivity contribution in [3.63, 3.8) is 0 Å². The van der Waals surface area contributed by atoms with Gasteiger partial charge in [-0.15, -0.1) is 0 Å². The van der Waals surface area contributed by atoms with Gasteiger partial charge in [0.15, 0.2) is 0 Å². The minimum Gasteiger partial charge on any atom is -0.379 e. The van der Waals surface area contributed by atoms with Gasteiger partial charge < -0.3 is 4.74 Å². The third kappa shape index (κ3) is 3.06. The lowest BCUT2D eigenvalue weighted by atomic mass is 10.2. The summed E-state index contributed by atoms with van der Waals surface area (Å²) >= 11 is 4.75. The zero-order valence-electron chi connectivity index (χ0n) is 11.4. The fourth-order valence-corrected chi connectivity index (χ4v) is 2.90. The maximum atomic E-state index is 5.38. The van der Waals surface area contributed by atoms with E-state index in [1.165, 1.54) is 5.69 Å². The molecule has 106 valence electrons. The van der Waals surface area contributed by atoms with E-state index in [0.717, 1.165) is 38.4 Å². The molecule has 1 aliphatic heterocycles. The predicted molar refractivity (Wildman–Crippen MR) is 82.4 cm³/mol. The summed E-state index contributed by atoms with van der Waals surface area (Å²) in [5.41, 5.74) is 2.28. The predicted octanol–water partition coefficient (Wildman–Crippen LogP) is 2.00. The van der Waals surface area contributed by atoms with Crippen LogP contribution in [0.3, 0.4) is 0 Å². The molecule has 1 unspecified atom stereocenters. The van der Waals surface area contributed by atoms with Crippen LogP contribution in [-0.4, -0.2) is 46.4 Å². The molecule has 1 atom stereocenters. The van der Waals surface area contributed by atoms with Crippen LogP contribution < -0.4 is 0 Å². The van der Waals surface area contributed by atoms with Crippen molar-refractivity contribution in [2.75, 3.05) is 26.3 Å². The highest BCUT2D eigenvalue weighted by Gasteiger charge is 2.19. The highest BCUT2D eigenvalue weighted by molar-refractivity contribution is 7.80. The topological polar surface area (TPSA) is 30.3 Å². The molecule has 2 heterocycles. The molecule has 1 saturated heterocycles. The van der Waals surface area contributed by atoms with Crippen LogP contribution in [0.1, 0.15) is 5.69 Å². The van der Waals surface area contributed by atoms with Crippen molar-refractivity contribution in [1.82, 2.24) is 14.7 Å². The number of benzene rings is 1. The van der Waals surface area contributed by atoms with Crippen LogP contribution in [0, 0.1) is 0 Å². The van der Waals surface area contributed by atoms with E-state index in [1.807, 2.05) is 29.1 Å². The zero-order valence-corrected chi connectivity index (χ0v) is 12.2. The Morgan fingerprint density at radius 1 is 1.15 bits per heavy atom. The van der Waals surface area contributed by atoms with Gasteiger partial charge in [0.1, 0.15) is 0 Å². The van der Waals surface area contributed by atoms with Gasteiger partial charge in [-0.1, -0.05) is 18.2 Å². The van der Waals surface area contributed by atoms with Gasteiger partial charge in [0.05, 0.1) is 24.3 Å². The Morgan fingerprint density at radius 3 is 2.65 bits per heavy atom. The number of morpholine rings is 1. The monoisotopic (exact) mass is 289 g/mol. The number of thiol groups is 1. The van der Waals surface area contributed by atoms with Gasteiger partial charge >= 0.3 is 0 Å². The SMILES string of the molecule is SC(Cc1ccnn1-c1ccccc1)N1CCOCC1. The Hall–Kier alpha value is -1.30. The second-order valence-corrected chi connectivity index (χ2v) is 5.50. The maximum Gasteiger partial charge on any atom is 0.0648 e. The highest BCUT2D eigenvalue weighted by Crippen LogP contribution is 2.16. The summed E-state index contributed by atoms with van der Waals surface area (Å²) in [6.45, 7) is 3.51. The lowest BCUT2D eigenvalue weighted by molar-refractivity contribution is 0.0328. The molecule has 2 aromatic rings. The normalized spacial score (nSPS) is 18.1. The molecular weight excluding hydrogens is 270 g/mol. The Morgan fingerprint density at radius 2 is 1.90 bits per heavy atom. The molecule has 1 fully saturated rings. The van der Waals surface area contributed by atoms with E-state index >= 15 is 0 Å². The van der Waals surface area contributed by atoms with Crippen LogP contribution in [0.15, 0.2) is 42.6 Å². The van der Waals surface area contributed by atoms with E-state index in [9.17, 15) is 0 Å². The van der Waals surface area contributed by atoms with Crippen molar-refractivity contribution in [2.45, 2.75) is 11.8 Å². The van der Waals surface area contributed by atoms with Gasteiger partial charge in [-0.3, -0.25) is 4.90 Å². The number of rotatable bonds is 4. The molecule has 0 spiro atoms. The first kappa shape index (κ1) is 13.7. The van der Waals surface area contributed by atoms with Crippen LogP contribution in [0.5, 0.6) is 0 Å². The van der Waals surface area contributed by atoms with E-state index in [1.54, 1.807) is 0 Å². The molecule has 3 rings (SSSR count). The third-order valence-corrected chi connectivity index (χ3v) is 4.09. The maximum absolute atomic E-state index is 5.38. The molecule has 0 radical (unpaired) electrons. The number of nitrogens with zero attached hydrogens (tertiary/aromatic N) is 3. The average molecular weight is 289 g/mol. The fraction of sp³-hybridized carbons (Fsp3) is 0.400. The van der Waals surface area contributed by atoms with E-state index in [0.29, 0.717) is 0 Å². The lowest BCUT2D eigenvalue weighted by Crippen LogP contribution is -2.42. The summed E-state index contributed by atoms with van der Waals surface area (Å²) < 4.78 is 7.37. The van der Waals surface area contributed by atoms with Crippen LogP contribution in [0.2, 0.25) is 0 Å². The lowest BCUT2D eigenvalue weighted by Gasteiger charge is -2.31. The number of hydrogen-bond acceptors (Lipinski definition) is 4. The Bertz CT molecular complexity index is 537. The van der Waals surface area contributed by atoms with Crippen molar-refractivity contribution in [1.29, 1.82) is 0 Å².